The fourth-order valence-electron chi connectivity index (χ4n) is 0.735. The SMILES string of the molecule is C[Si](C)(C)OC(=O)c1cnccn1. The number of hydrogen-bond donors (Lipinski definition) is 0. The standard InChI is InChI=1S/C8H12N2O2Si/c1-13(2,3)12-8(11)7-6-9-4-5-10-7/h4-6H,1-3H3. The molecule has 1 aromatic heterocycles. The lowest BCUT2D eigenvalue weighted by Gasteiger charge is -2.16. The van der Waals surface area contributed by atoms with E-state index in [1.165, 1.54) is 18.6 Å². The van der Waals surface area contributed by atoms with Gasteiger partial charge in [-0.25, -0.2) is 9.78 Å². The zero-order valence-corrected chi connectivity index (χ0v) is 8.94. The van der Waals surface area contributed by atoms with E-state index in [1.807, 2.05) is 19.6 Å². The maximum atomic E-state index is 11.4. The number of hydrogen-bond acceptors (Lipinski definition) is 4. The molecule has 4 nitrogen and oxygen atoms in total. The number of nitrogens with zero attached hydrogens (tertiary/aromatic N) is 2. The molecule has 0 atom stereocenters. The van der Waals surface area contributed by atoms with Crippen molar-refractivity contribution in [1.29, 1.82) is 0 Å². The molecule has 0 aliphatic rings. The molecule has 0 aromatic carbocycles. The second-order valence-corrected chi connectivity index (χ2v) is 8.02. The lowest BCUT2D eigenvalue weighted by molar-refractivity contribution is 0.0718. The molecule has 1 heterocycles. The van der Waals surface area contributed by atoms with Gasteiger partial charge in [-0.15, -0.1) is 0 Å². The van der Waals surface area contributed by atoms with Crippen molar-refractivity contribution in [3.63, 3.8) is 0 Å². The van der Waals surface area contributed by atoms with Crippen molar-refractivity contribution in [2.75, 3.05) is 0 Å². The van der Waals surface area contributed by atoms with E-state index < -0.39 is 8.32 Å². The molecule has 0 amide bonds. The van der Waals surface area contributed by atoms with Crippen molar-refractivity contribution in [1.82, 2.24) is 9.97 Å². The Morgan fingerprint density at radius 1 is 1.38 bits per heavy atom. The van der Waals surface area contributed by atoms with Crippen molar-refractivity contribution in [3.8, 4) is 0 Å². The molecule has 1 aromatic rings. The molecule has 70 valence electrons. The Labute approximate surface area is 78.1 Å². The smallest absolute Gasteiger partial charge is 0.345 e. The van der Waals surface area contributed by atoms with Crippen LogP contribution < -0.4 is 0 Å². The Hall–Kier alpha value is -1.23. The Morgan fingerprint density at radius 2 is 2.08 bits per heavy atom. The molecule has 1 rings (SSSR count). The van der Waals surface area contributed by atoms with Gasteiger partial charge in [-0.1, -0.05) is 0 Å². The van der Waals surface area contributed by atoms with Gasteiger partial charge in [0.15, 0.2) is 5.69 Å². The maximum Gasteiger partial charge on any atom is 0.345 e. The van der Waals surface area contributed by atoms with Crippen LogP contribution in [0.3, 0.4) is 0 Å². The minimum atomic E-state index is -1.82. The largest absolute Gasteiger partial charge is 0.515 e. The fraction of sp³-hybridized carbons (Fsp3) is 0.375. The molecule has 0 aliphatic carbocycles. The summed E-state index contributed by atoms with van der Waals surface area (Å²) in [5.74, 6) is -0.382. The molecule has 0 spiro atoms. The van der Waals surface area contributed by atoms with Crippen LogP contribution in [0.1, 0.15) is 10.5 Å². The molecule has 0 fully saturated rings. The van der Waals surface area contributed by atoms with Crippen LogP contribution in [0.15, 0.2) is 18.6 Å². The van der Waals surface area contributed by atoms with E-state index in [0.717, 1.165) is 0 Å². The van der Waals surface area contributed by atoms with Gasteiger partial charge in [0, 0.05) is 12.4 Å². The summed E-state index contributed by atoms with van der Waals surface area (Å²) in [6.45, 7) is 5.84. The first kappa shape index (κ1) is 9.85. The molecule has 0 aliphatic heterocycles. The maximum absolute atomic E-state index is 11.4. The number of carbonyl (C=O) groups excluding carboxylic acids is 1. The van der Waals surface area contributed by atoms with Crippen LogP contribution in [-0.2, 0) is 4.43 Å². The fourth-order valence-corrected chi connectivity index (χ4v) is 1.40. The summed E-state index contributed by atoms with van der Waals surface area (Å²) in [6.07, 6.45) is 4.40. The van der Waals surface area contributed by atoms with Gasteiger partial charge < -0.3 is 4.43 Å². The first-order valence-corrected chi connectivity index (χ1v) is 7.39. The van der Waals surface area contributed by atoms with E-state index in [2.05, 4.69) is 9.97 Å². The highest BCUT2D eigenvalue weighted by molar-refractivity contribution is 6.71. The third-order valence-electron chi connectivity index (χ3n) is 1.17. The van der Waals surface area contributed by atoms with Crippen LogP contribution in [0.4, 0.5) is 0 Å². The van der Waals surface area contributed by atoms with Gasteiger partial charge in [-0.3, -0.25) is 4.98 Å². The van der Waals surface area contributed by atoms with Gasteiger partial charge in [0.25, 0.3) is 0 Å². The predicted octanol–water partition coefficient (Wildman–Crippen LogP) is 1.47. The van der Waals surface area contributed by atoms with Gasteiger partial charge >= 0.3 is 5.97 Å². The molecular formula is C8H12N2O2Si. The highest BCUT2D eigenvalue weighted by atomic mass is 28.4. The second-order valence-electron chi connectivity index (χ2n) is 3.59. The van der Waals surface area contributed by atoms with E-state index >= 15 is 0 Å². The Balaban J connectivity index is 2.71. The summed E-state index contributed by atoms with van der Waals surface area (Å²) in [7, 11) is -1.82. The third kappa shape index (κ3) is 3.33. The first-order chi connectivity index (χ1) is 5.99. The summed E-state index contributed by atoms with van der Waals surface area (Å²) in [5, 5.41) is 0. The van der Waals surface area contributed by atoms with Crippen LogP contribution in [0, 0.1) is 0 Å². The molecule has 0 radical (unpaired) electrons. The van der Waals surface area contributed by atoms with Gasteiger partial charge in [0.1, 0.15) is 0 Å². The van der Waals surface area contributed by atoms with Gasteiger partial charge in [-0.2, -0.15) is 0 Å². The highest BCUT2D eigenvalue weighted by Crippen LogP contribution is 2.06. The van der Waals surface area contributed by atoms with Gasteiger partial charge in [0.2, 0.25) is 8.32 Å². The van der Waals surface area contributed by atoms with E-state index in [0.29, 0.717) is 0 Å². The predicted molar refractivity (Wildman–Crippen MR) is 50.8 cm³/mol. The van der Waals surface area contributed by atoms with Crippen molar-refractivity contribution in [2.45, 2.75) is 19.6 Å². The molecule has 0 bridgehead atoms. The van der Waals surface area contributed by atoms with Crippen molar-refractivity contribution < 1.29 is 9.22 Å². The van der Waals surface area contributed by atoms with Gasteiger partial charge in [-0.05, 0) is 19.6 Å². The Kier molecular flexibility index (Phi) is 2.77. The van der Waals surface area contributed by atoms with Crippen molar-refractivity contribution in [3.05, 3.63) is 24.3 Å². The topological polar surface area (TPSA) is 52.1 Å². The number of carbonyl (C=O) groups is 1. The normalized spacial score (nSPS) is 11.0. The Bertz CT molecular complexity index is 295. The average molecular weight is 196 g/mol. The molecule has 0 N–H and O–H groups in total. The third-order valence-corrected chi connectivity index (χ3v) is 1.97. The van der Waals surface area contributed by atoms with Crippen LogP contribution >= 0.6 is 0 Å². The Morgan fingerprint density at radius 3 is 2.54 bits per heavy atom. The summed E-state index contributed by atoms with van der Waals surface area (Å²) >= 11 is 0. The summed E-state index contributed by atoms with van der Waals surface area (Å²) in [4.78, 5) is 19.0. The summed E-state index contributed by atoms with van der Waals surface area (Å²) in [6, 6.07) is 0. The number of aromatic nitrogens is 2. The van der Waals surface area contributed by atoms with Crippen molar-refractivity contribution >= 4 is 14.3 Å². The molecule has 0 unspecified atom stereocenters. The van der Waals surface area contributed by atoms with E-state index in [4.69, 9.17) is 4.43 Å². The lowest BCUT2D eigenvalue weighted by atomic mass is 10.5. The van der Waals surface area contributed by atoms with E-state index in [1.54, 1.807) is 0 Å². The number of rotatable bonds is 2. The summed E-state index contributed by atoms with van der Waals surface area (Å²) < 4.78 is 5.22. The molecule has 0 saturated carbocycles. The van der Waals surface area contributed by atoms with Crippen LogP contribution in [0.5, 0.6) is 0 Å². The molecule has 13 heavy (non-hydrogen) atoms. The highest BCUT2D eigenvalue weighted by Gasteiger charge is 2.21. The first-order valence-electron chi connectivity index (χ1n) is 3.98. The van der Waals surface area contributed by atoms with Crippen LogP contribution in [-0.4, -0.2) is 24.3 Å². The van der Waals surface area contributed by atoms with E-state index in [9.17, 15) is 4.79 Å². The molecule has 0 saturated heterocycles. The lowest BCUT2D eigenvalue weighted by Crippen LogP contribution is -2.29. The van der Waals surface area contributed by atoms with E-state index in [-0.39, 0.29) is 11.7 Å². The second kappa shape index (κ2) is 3.65. The average Bonchev–Trinajstić information content (AvgIpc) is 2.03. The van der Waals surface area contributed by atoms with Crippen LogP contribution in [0.25, 0.3) is 0 Å². The quantitative estimate of drug-likeness (QED) is 0.672. The minimum absolute atomic E-state index is 0.268. The minimum Gasteiger partial charge on any atom is -0.515 e. The zero-order valence-electron chi connectivity index (χ0n) is 7.94. The van der Waals surface area contributed by atoms with Crippen LogP contribution in [0.2, 0.25) is 19.6 Å². The summed E-state index contributed by atoms with van der Waals surface area (Å²) in [5.41, 5.74) is 0.268. The van der Waals surface area contributed by atoms with Crippen molar-refractivity contribution in [2.24, 2.45) is 0 Å². The molecule has 5 heteroatoms. The zero-order chi connectivity index (χ0) is 9.90. The molecular weight excluding hydrogens is 184 g/mol. The monoisotopic (exact) mass is 196 g/mol. The van der Waals surface area contributed by atoms with Gasteiger partial charge in [0.05, 0.1) is 6.20 Å².